The van der Waals surface area contributed by atoms with Gasteiger partial charge in [-0.15, -0.1) is 11.8 Å². The Kier molecular flexibility index (Phi) is 2.98. The average Bonchev–Trinajstić information content (AvgIpc) is 2.30. The molecular weight excluding hydrogens is 188 g/mol. The lowest BCUT2D eigenvalue weighted by Gasteiger charge is -2.16. The minimum Gasteiger partial charge on any atom is -0.267 e. The topological polar surface area (TPSA) is 40.6 Å². The first-order valence-corrected chi connectivity index (χ1v) is 5.02. The molecule has 0 radical (unpaired) electrons. The molecule has 1 rings (SSSR count). The van der Waals surface area contributed by atoms with Gasteiger partial charge in [0.05, 0.1) is 0 Å². The monoisotopic (exact) mass is 200 g/mol. The van der Waals surface area contributed by atoms with Gasteiger partial charge < -0.3 is 0 Å². The van der Waals surface area contributed by atoms with Gasteiger partial charge in [-0.05, 0) is 11.2 Å². The summed E-state index contributed by atoms with van der Waals surface area (Å²) >= 11 is 1.46. The Morgan fingerprint density at radius 2 is 1.69 bits per heavy atom. The van der Waals surface area contributed by atoms with E-state index in [2.05, 4.69) is 0 Å². The molecule has 0 aliphatic carbocycles. The van der Waals surface area contributed by atoms with Crippen LogP contribution < -0.4 is 0 Å². The predicted molar refractivity (Wildman–Crippen MR) is 51.8 cm³/mol. The second kappa shape index (κ2) is 3.83. The molecule has 0 atom stereocenters. The smallest absolute Gasteiger partial charge is 0.267 e. The highest BCUT2D eigenvalue weighted by molar-refractivity contribution is 8.02. The van der Waals surface area contributed by atoms with E-state index in [1.807, 2.05) is 6.92 Å². The molecule has 13 heavy (non-hydrogen) atoms. The minimum absolute atomic E-state index is 0.228. The number of amides is 2. The van der Waals surface area contributed by atoms with Gasteiger partial charge in [-0.1, -0.05) is 6.92 Å². The molecule has 0 N–H and O–H groups in total. The fraction of sp³-hybridized carbons (Fsp3) is 0.500. The number of hydrazine groups is 1. The van der Waals surface area contributed by atoms with E-state index >= 15 is 0 Å². The SMILES string of the molecule is CCSC=C1C(=O)N(C)N(C)C1=O. The summed E-state index contributed by atoms with van der Waals surface area (Å²) in [6.07, 6.45) is 0. The number of hydrogen-bond acceptors (Lipinski definition) is 3. The summed E-state index contributed by atoms with van der Waals surface area (Å²) in [6, 6.07) is 0. The molecule has 1 aliphatic rings. The van der Waals surface area contributed by atoms with Crippen LogP contribution in [0.3, 0.4) is 0 Å². The van der Waals surface area contributed by atoms with Gasteiger partial charge in [0, 0.05) is 14.1 Å². The normalized spacial score (nSPS) is 17.3. The number of nitrogens with zero attached hydrogens (tertiary/aromatic N) is 2. The van der Waals surface area contributed by atoms with Crippen LogP contribution in [-0.2, 0) is 9.59 Å². The molecule has 0 aromatic heterocycles. The van der Waals surface area contributed by atoms with Crippen molar-refractivity contribution in [2.45, 2.75) is 6.92 Å². The molecule has 0 aromatic carbocycles. The lowest BCUT2D eigenvalue weighted by molar-refractivity contribution is -0.141. The van der Waals surface area contributed by atoms with Gasteiger partial charge in [0.2, 0.25) is 0 Å². The van der Waals surface area contributed by atoms with Gasteiger partial charge in [-0.25, -0.2) is 0 Å². The molecule has 0 saturated carbocycles. The number of thioether (sulfide) groups is 1. The van der Waals surface area contributed by atoms with Crippen LogP contribution in [0.15, 0.2) is 11.0 Å². The maximum absolute atomic E-state index is 11.4. The summed E-state index contributed by atoms with van der Waals surface area (Å²) in [5, 5.41) is 4.25. The van der Waals surface area contributed by atoms with Gasteiger partial charge in [-0.2, -0.15) is 0 Å². The Morgan fingerprint density at radius 1 is 1.23 bits per heavy atom. The van der Waals surface area contributed by atoms with Crippen molar-refractivity contribution in [3.8, 4) is 0 Å². The van der Waals surface area contributed by atoms with E-state index in [-0.39, 0.29) is 17.4 Å². The quantitative estimate of drug-likeness (QED) is 0.480. The Balaban J connectivity index is 2.88. The Labute approximate surface area is 81.5 Å². The zero-order valence-corrected chi connectivity index (χ0v) is 8.72. The van der Waals surface area contributed by atoms with E-state index < -0.39 is 0 Å². The molecule has 1 saturated heterocycles. The molecule has 0 spiro atoms. The van der Waals surface area contributed by atoms with Gasteiger partial charge >= 0.3 is 0 Å². The number of likely N-dealkylation sites (N-methyl/N-ethyl adjacent to an activating group) is 2. The maximum Gasteiger partial charge on any atom is 0.278 e. The third kappa shape index (κ3) is 1.70. The first kappa shape index (κ1) is 10.1. The Morgan fingerprint density at radius 3 is 2.08 bits per heavy atom. The molecule has 5 heteroatoms. The summed E-state index contributed by atoms with van der Waals surface area (Å²) in [4.78, 5) is 22.8. The van der Waals surface area contributed by atoms with Crippen LogP contribution in [0.4, 0.5) is 0 Å². The highest BCUT2D eigenvalue weighted by Gasteiger charge is 2.35. The number of rotatable bonds is 2. The van der Waals surface area contributed by atoms with Crippen molar-refractivity contribution in [1.29, 1.82) is 0 Å². The van der Waals surface area contributed by atoms with Crippen LogP contribution in [0.25, 0.3) is 0 Å². The van der Waals surface area contributed by atoms with Crippen molar-refractivity contribution in [1.82, 2.24) is 10.0 Å². The third-order valence-electron chi connectivity index (χ3n) is 1.87. The summed E-state index contributed by atoms with van der Waals surface area (Å²) < 4.78 is 0. The Bertz CT molecular complexity index is 253. The molecule has 0 bridgehead atoms. The zero-order chi connectivity index (χ0) is 10.0. The predicted octanol–water partition coefficient (Wildman–Crippen LogP) is 0.469. The second-order valence-corrected chi connectivity index (χ2v) is 3.79. The fourth-order valence-electron chi connectivity index (χ4n) is 0.980. The number of carbonyl (C=O) groups is 2. The number of carbonyl (C=O) groups excluding carboxylic acids is 2. The van der Waals surface area contributed by atoms with E-state index in [1.165, 1.54) is 21.8 Å². The summed E-state index contributed by atoms with van der Waals surface area (Å²) in [6.45, 7) is 1.97. The van der Waals surface area contributed by atoms with Crippen LogP contribution >= 0.6 is 11.8 Å². The van der Waals surface area contributed by atoms with Gasteiger partial charge in [0.25, 0.3) is 11.8 Å². The first-order chi connectivity index (χ1) is 6.09. The van der Waals surface area contributed by atoms with Crippen molar-refractivity contribution in [3.63, 3.8) is 0 Å². The summed E-state index contributed by atoms with van der Waals surface area (Å²) in [7, 11) is 3.16. The van der Waals surface area contributed by atoms with Gasteiger partial charge in [-0.3, -0.25) is 19.6 Å². The maximum atomic E-state index is 11.4. The van der Waals surface area contributed by atoms with Crippen molar-refractivity contribution < 1.29 is 9.59 Å². The molecule has 1 heterocycles. The van der Waals surface area contributed by atoms with Crippen LogP contribution in [-0.4, -0.2) is 41.7 Å². The van der Waals surface area contributed by atoms with Gasteiger partial charge in [0.15, 0.2) is 0 Å². The molecule has 1 fully saturated rings. The Hall–Kier alpha value is -0.970. The molecule has 72 valence electrons. The summed E-state index contributed by atoms with van der Waals surface area (Å²) in [5.41, 5.74) is 0.261. The third-order valence-corrected chi connectivity index (χ3v) is 2.60. The van der Waals surface area contributed by atoms with Gasteiger partial charge in [0.1, 0.15) is 5.57 Å². The van der Waals surface area contributed by atoms with Crippen molar-refractivity contribution in [2.24, 2.45) is 0 Å². The zero-order valence-electron chi connectivity index (χ0n) is 7.90. The fourth-order valence-corrected chi connectivity index (χ4v) is 1.52. The van der Waals surface area contributed by atoms with Crippen molar-refractivity contribution in [2.75, 3.05) is 19.8 Å². The number of hydrogen-bond donors (Lipinski definition) is 0. The molecule has 0 unspecified atom stereocenters. The van der Waals surface area contributed by atoms with E-state index in [1.54, 1.807) is 19.5 Å². The minimum atomic E-state index is -0.228. The van der Waals surface area contributed by atoms with Crippen molar-refractivity contribution >= 4 is 23.6 Å². The van der Waals surface area contributed by atoms with Crippen LogP contribution in [0.2, 0.25) is 0 Å². The van der Waals surface area contributed by atoms with E-state index in [0.29, 0.717) is 0 Å². The van der Waals surface area contributed by atoms with E-state index in [9.17, 15) is 9.59 Å². The highest BCUT2D eigenvalue weighted by Crippen LogP contribution is 2.18. The highest BCUT2D eigenvalue weighted by atomic mass is 32.2. The average molecular weight is 200 g/mol. The molecule has 0 aromatic rings. The molecular formula is C8H12N2O2S. The molecule has 1 aliphatic heterocycles. The second-order valence-electron chi connectivity index (χ2n) is 2.64. The lowest BCUT2D eigenvalue weighted by Crippen LogP contribution is -2.33. The van der Waals surface area contributed by atoms with Crippen molar-refractivity contribution in [3.05, 3.63) is 11.0 Å². The van der Waals surface area contributed by atoms with E-state index in [0.717, 1.165) is 5.75 Å². The van der Waals surface area contributed by atoms with Crippen LogP contribution in [0.1, 0.15) is 6.92 Å². The van der Waals surface area contributed by atoms with Crippen LogP contribution in [0.5, 0.6) is 0 Å². The first-order valence-electron chi connectivity index (χ1n) is 3.97. The standard InChI is InChI=1S/C8H12N2O2S/c1-4-13-5-6-7(11)9(2)10(3)8(6)12/h5H,4H2,1-3H3. The largest absolute Gasteiger partial charge is 0.278 e. The van der Waals surface area contributed by atoms with E-state index in [4.69, 9.17) is 0 Å². The lowest BCUT2D eigenvalue weighted by atomic mass is 10.3. The molecule has 2 amide bonds. The van der Waals surface area contributed by atoms with Crippen LogP contribution in [0, 0.1) is 0 Å². The molecule has 4 nitrogen and oxygen atoms in total. The summed E-state index contributed by atoms with van der Waals surface area (Å²) in [5.74, 6) is 0.402.